The van der Waals surface area contributed by atoms with Crippen molar-refractivity contribution in [3.63, 3.8) is 0 Å². The molecule has 5 aromatic carbocycles. The van der Waals surface area contributed by atoms with Crippen LogP contribution in [-0.4, -0.2) is 91.6 Å². The summed E-state index contributed by atoms with van der Waals surface area (Å²) in [5, 5.41) is 7.76. The van der Waals surface area contributed by atoms with E-state index >= 15 is 0 Å². The van der Waals surface area contributed by atoms with Crippen molar-refractivity contribution in [3.8, 4) is 0 Å². The van der Waals surface area contributed by atoms with Gasteiger partial charge in [0, 0.05) is 42.1 Å². The van der Waals surface area contributed by atoms with Crippen molar-refractivity contribution >= 4 is 52.6 Å². The van der Waals surface area contributed by atoms with Crippen LogP contribution in [0.3, 0.4) is 0 Å². The Kier molecular flexibility index (Phi) is 17.3. The van der Waals surface area contributed by atoms with Gasteiger partial charge in [0.2, 0.25) is 0 Å². The van der Waals surface area contributed by atoms with Crippen molar-refractivity contribution in [2.75, 3.05) is 23.8 Å². The fraction of sp³-hybridized carbons (Fsp3) is 0.340. The molecule has 10 unspecified atom stereocenters. The van der Waals surface area contributed by atoms with Crippen LogP contribution in [0.2, 0.25) is 5.02 Å². The molecule has 2 aliphatic heterocycles. The number of para-hydroxylation sites is 2. The van der Waals surface area contributed by atoms with Gasteiger partial charge in [0.15, 0.2) is 18.5 Å². The first-order valence-electron chi connectivity index (χ1n) is 21.4. The molecule has 13 nitrogen and oxygen atoms in total. The lowest BCUT2D eigenvalue weighted by Crippen LogP contribution is -2.67. The Balaban J connectivity index is 1.34. The average Bonchev–Trinajstić information content (AvgIpc) is 3.30. The number of carbonyl (C=O) groups excluding carboxylic acids is 3. The minimum absolute atomic E-state index is 0.0598. The third kappa shape index (κ3) is 13.8. The highest BCUT2D eigenvalue weighted by atomic mass is 35.5. The Labute approximate surface area is 388 Å². The maximum atomic E-state index is 13.0. The van der Waals surface area contributed by atoms with Gasteiger partial charge >= 0.3 is 17.9 Å². The summed E-state index contributed by atoms with van der Waals surface area (Å²) in [4.78, 5) is 38.8. The van der Waals surface area contributed by atoms with E-state index in [0.717, 1.165) is 21.7 Å². The standard InChI is InChI=1S/C50H53ClN2O11S/c1-32(54)58-31-42-46(60-33(2)55)48(61-34(3)56)43(52-38-20-12-6-13-21-38)49(62-42)64-45-41(30-57-28-35-16-8-4-9-17-35)63-50(65-40-26-24-37(51)25-27-40)44(53-39-22-14-7-15-23-39)47(45)59-29-36-18-10-5-11-19-36/h4-27,41-50,52-53H,28-31H2,1-3H3. The van der Waals surface area contributed by atoms with Crippen molar-refractivity contribution in [1.82, 2.24) is 0 Å². The third-order valence-electron chi connectivity index (χ3n) is 10.6. The lowest BCUT2D eigenvalue weighted by Gasteiger charge is -2.50. The minimum atomic E-state index is -1.28. The first kappa shape index (κ1) is 47.5. The van der Waals surface area contributed by atoms with Crippen LogP contribution in [-0.2, 0) is 65.5 Å². The van der Waals surface area contributed by atoms with Crippen LogP contribution in [0.25, 0.3) is 0 Å². The van der Waals surface area contributed by atoms with Crippen LogP contribution < -0.4 is 10.6 Å². The Bertz CT molecular complexity index is 2250. The lowest BCUT2D eigenvalue weighted by molar-refractivity contribution is -0.311. The highest BCUT2D eigenvalue weighted by molar-refractivity contribution is 7.99. The van der Waals surface area contributed by atoms with Gasteiger partial charge in [-0.15, -0.1) is 0 Å². The van der Waals surface area contributed by atoms with Gasteiger partial charge in [-0.25, -0.2) is 0 Å². The molecule has 2 saturated heterocycles. The number of nitrogens with one attached hydrogen (secondary N) is 2. The molecular weight excluding hydrogens is 872 g/mol. The quantitative estimate of drug-likeness (QED) is 0.0603. The lowest BCUT2D eigenvalue weighted by atomic mass is 9.94. The van der Waals surface area contributed by atoms with E-state index in [4.69, 9.17) is 49.5 Å². The van der Waals surface area contributed by atoms with Crippen molar-refractivity contribution < 1.29 is 52.3 Å². The van der Waals surface area contributed by atoms with Crippen LogP contribution in [0.4, 0.5) is 11.4 Å². The second-order valence-electron chi connectivity index (χ2n) is 15.5. The number of thioether (sulfide) groups is 1. The molecule has 0 aromatic heterocycles. The number of halogens is 1. The summed E-state index contributed by atoms with van der Waals surface area (Å²) in [6.07, 6.45) is -7.39. The van der Waals surface area contributed by atoms with Crippen molar-refractivity contribution in [3.05, 3.63) is 162 Å². The first-order valence-corrected chi connectivity index (χ1v) is 22.6. The SMILES string of the molecule is CC(=O)OCC1OC(OC2C(COCc3ccccc3)OC(Sc3ccc(Cl)cc3)C(Nc3ccccc3)C2OCc2ccccc2)C(Nc2ccccc2)C(OC(C)=O)C1OC(C)=O. The van der Waals surface area contributed by atoms with Crippen molar-refractivity contribution in [2.45, 2.75) is 99.3 Å². The Morgan fingerprint density at radius 3 is 1.66 bits per heavy atom. The number of carbonyl (C=O) groups is 3. The number of hydrogen-bond donors (Lipinski definition) is 2. The zero-order valence-electron chi connectivity index (χ0n) is 36.2. The van der Waals surface area contributed by atoms with E-state index in [-0.39, 0.29) is 26.4 Å². The molecule has 0 amide bonds. The van der Waals surface area contributed by atoms with Crippen LogP contribution in [0.1, 0.15) is 31.9 Å². The summed E-state index contributed by atoms with van der Waals surface area (Å²) in [5.41, 5.74) is 2.74. The number of ether oxygens (including phenoxy) is 8. The number of esters is 3. The first-order chi connectivity index (χ1) is 31.6. The van der Waals surface area contributed by atoms with Gasteiger partial charge in [-0.05, 0) is 59.7 Å². The molecule has 0 spiro atoms. The van der Waals surface area contributed by atoms with Crippen molar-refractivity contribution in [2.24, 2.45) is 0 Å². The Hall–Kier alpha value is -5.45. The molecule has 0 saturated carbocycles. The number of anilines is 2. The van der Waals surface area contributed by atoms with E-state index in [1.807, 2.05) is 146 Å². The fourth-order valence-electron chi connectivity index (χ4n) is 7.72. The van der Waals surface area contributed by atoms with E-state index in [0.29, 0.717) is 10.7 Å². The molecule has 10 atom stereocenters. The maximum Gasteiger partial charge on any atom is 0.303 e. The van der Waals surface area contributed by atoms with E-state index in [9.17, 15) is 14.4 Å². The largest absolute Gasteiger partial charge is 0.463 e. The number of hydrogen-bond acceptors (Lipinski definition) is 14. The molecule has 15 heteroatoms. The second kappa shape index (κ2) is 23.7. The van der Waals surface area contributed by atoms with Gasteiger partial charge in [-0.3, -0.25) is 14.4 Å². The highest BCUT2D eigenvalue weighted by Gasteiger charge is 2.55. The second-order valence-corrected chi connectivity index (χ2v) is 17.2. The van der Waals surface area contributed by atoms with E-state index < -0.39 is 78.3 Å². The Morgan fingerprint density at radius 2 is 1.09 bits per heavy atom. The van der Waals surface area contributed by atoms with E-state index in [2.05, 4.69) is 10.6 Å². The third-order valence-corrected chi connectivity index (χ3v) is 12.0. The molecular formula is C50H53ClN2O11S. The van der Waals surface area contributed by atoms with Crippen LogP contribution in [0.15, 0.2) is 150 Å². The molecule has 7 rings (SSSR count). The summed E-state index contributed by atoms with van der Waals surface area (Å²) in [7, 11) is 0. The number of benzene rings is 5. The Morgan fingerprint density at radius 1 is 0.569 bits per heavy atom. The minimum Gasteiger partial charge on any atom is -0.463 e. The highest BCUT2D eigenvalue weighted by Crippen LogP contribution is 2.40. The maximum absolute atomic E-state index is 13.0. The predicted molar refractivity (Wildman–Crippen MR) is 246 cm³/mol. The van der Waals surface area contributed by atoms with Gasteiger partial charge in [0.25, 0.3) is 0 Å². The van der Waals surface area contributed by atoms with Gasteiger partial charge in [0.1, 0.15) is 42.5 Å². The van der Waals surface area contributed by atoms with Gasteiger partial charge in [-0.1, -0.05) is 120 Å². The molecule has 2 heterocycles. The van der Waals surface area contributed by atoms with Crippen LogP contribution in [0.5, 0.6) is 0 Å². The average molecular weight is 925 g/mol. The topological polar surface area (TPSA) is 149 Å². The summed E-state index contributed by atoms with van der Waals surface area (Å²) < 4.78 is 52.0. The molecule has 2 N–H and O–H groups in total. The number of rotatable bonds is 19. The van der Waals surface area contributed by atoms with Gasteiger partial charge in [-0.2, -0.15) is 0 Å². The van der Waals surface area contributed by atoms with Crippen molar-refractivity contribution in [1.29, 1.82) is 0 Å². The normalized spacial score (nSPS) is 25.2. The summed E-state index contributed by atoms with van der Waals surface area (Å²) in [6, 6.07) is 44.5. The molecule has 342 valence electrons. The molecule has 65 heavy (non-hydrogen) atoms. The zero-order chi connectivity index (χ0) is 45.5. The summed E-state index contributed by atoms with van der Waals surface area (Å²) in [6.45, 7) is 3.95. The zero-order valence-corrected chi connectivity index (χ0v) is 37.8. The fourth-order valence-corrected chi connectivity index (χ4v) is 8.97. The molecule has 2 aliphatic rings. The van der Waals surface area contributed by atoms with Crippen LogP contribution in [0, 0.1) is 0 Å². The molecule has 0 aliphatic carbocycles. The van der Waals surface area contributed by atoms with Gasteiger partial charge < -0.3 is 48.5 Å². The molecule has 5 aromatic rings. The van der Waals surface area contributed by atoms with E-state index in [1.54, 1.807) is 0 Å². The summed E-state index contributed by atoms with van der Waals surface area (Å²) >= 11 is 7.84. The molecule has 2 fully saturated rings. The monoisotopic (exact) mass is 924 g/mol. The summed E-state index contributed by atoms with van der Waals surface area (Å²) in [5.74, 6) is -1.90. The predicted octanol–water partition coefficient (Wildman–Crippen LogP) is 8.46. The molecule has 0 bridgehead atoms. The van der Waals surface area contributed by atoms with E-state index in [1.165, 1.54) is 32.5 Å². The smallest absolute Gasteiger partial charge is 0.303 e. The van der Waals surface area contributed by atoms with Crippen LogP contribution >= 0.6 is 23.4 Å². The van der Waals surface area contributed by atoms with Gasteiger partial charge in [0.05, 0.1) is 25.9 Å². The molecule has 0 radical (unpaired) electrons.